The smallest absolute Gasteiger partial charge is 0.120 e. The monoisotopic (exact) mass is 160 g/mol. The van der Waals surface area contributed by atoms with Gasteiger partial charge in [-0.25, -0.2) is 4.39 Å². The summed E-state index contributed by atoms with van der Waals surface area (Å²) in [4.78, 5) is 0. The molecule has 0 N–H and O–H groups in total. The Morgan fingerprint density at radius 2 is 2.10 bits per heavy atom. The lowest BCUT2D eigenvalue weighted by Gasteiger charge is -1.95. The Balaban J connectivity index is 4.50. The molecule has 0 radical (unpaired) electrons. The molecule has 0 aliphatic carbocycles. The van der Waals surface area contributed by atoms with Gasteiger partial charge in [-0.2, -0.15) is 0 Å². The first-order valence-corrected chi connectivity index (χ1v) is 3.31. The highest BCUT2D eigenvalue weighted by Gasteiger charge is 1.97. The molecule has 0 aliphatic rings. The summed E-state index contributed by atoms with van der Waals surface area (Å²) in [6.45, 7) is 6.52. The number of allylic oxidation sites excluding steroid dienone is 5. The topological polar surface area (TPSA) is 0 Å². The van der Waals surface area contributed by atoms with Crippen molar-refractivity contribution < 1.29 is 4.39 Å². The predicted octanol–water partition coefficient (Wildman–Crippen LogP) is 3.56. The first kappa shape index (κ1) is 9.44. The van der Waals surface area contributed by atoms with E-state index in [9.17, 15) is 4.39 Å². The molecule has 2 heteroatoms. The van der Waals surface area contributed by atoms with Crippen molar-refractivity contribution in [3.63, 3.8) is 0 Å². The summed E-state index contributed by atoms with van der Waals surface area (Å²) in [6, 6.07) is 0. The summed E-state index contributed by atoms with van der Waals surface area (Å²) >= 11 is 5.62. The van der Waals surface area contributed by atoms with Crippen molar-refractivity contribution in [2.24, 2.45) is 0 Å². The van der Waals surface area contributed by atoms with Gasteiger partial charge in [-0.3, -0.25) is 0 Å². The molecule has 0 atom stereocenters. The fourth-order valence-electron chi connectivity index (χ4n) is 0.401. The van der Waals surface area contributed by atoms with Crippen molar-refractivity contribution in [1.82, 2.24) is 0 Å². The molecule has 0 spiro atoms. The van der Waals surface area contributed by atoms with Crippen LogP contribution in [-0.4, -0.2) is 0 Å². The molecule has 56 valence electrons. The van der Waals surface area contributed by atoms with Crippen LogP contribution < -0.4 is 0 Å². The maximum atomic E-state index is 12.3. The van der Waals surface area contributed by atoms with E-state index in [-0.39, 0.29) is 0 Å². The van der Waals surface area contributed by atoms with E-state index in [0.717, 1.165) is 0 Å². The van der Waals surface area contributed by atoms with Crippen LogP contribution in [0.15, 0.2) is 35.2 Å². The summed E-state index contributed by atoms with van der Waals surface area (Å²) < 4.78 is 12.3. The van der Waals surface area contributed by atoms with Gasteiger partial charge in [-0.05, 0) is 19.9 Å². The Hall–Kier alpha value is -0.560. The largest absolute Gasteiger partial charge is 0.207 e. The van der Waals surface area contributed by atoms with E-state index < -0.39 is 5.83 Å². The van der Waals surface area contributed by atoms with E-state index in [4.69, 9.17) is 11.6 Å². The second-order valence-electron chi connectivity index (χ2n) is 1.88. The zero-order valence-corrected chi connectivity index (χ0v) is 6.87. The van der Waals surface area contributed by atoms with E-state index in [0.29, 0.717) is 10.6 Å². The minimum absolute atomic E-state index is 0.389. The molecule has 0 saturated heterocycles. The van der Waals surface area contributed by atoms with Gasteiger partial charge in [0.2, 0.25) is 0 Å². The van der Waals surface area contributed by atoms with Crippen LogP contribution in [0.1, 0.15) is 13.8 Å². The minimum Gasteiger partial charge on any atom is -0.207 e. The quantitative estimate of drug-likeness (QED) is 0.542. The molecule has 0 amide bonds. The van der Waals surface area contributed by atoms with E-state index in [1.54, 1.807) is 19.1 Å². The average Bonchev–Trinajstić information content (AvgIpc) is 1.87. The molecule has 0 unspecified atom stereocenters. The second-order valence-corrected chi connectivity index (χ2v) is 2.29. The predicted molar refractivity (Wildman–Crippen MR) is 43.6 cm³/mol. The summed E-state index contributed by atoms with van der Waals surface area (Å²) in [5.74, 6) is -0.483. The summed E-state index contributed by atoms with van der Waals surface area (Å²) in [5, 5.41) is 0.398. The molecule has 0 saturated carbocycles. The Morgan fingerprint density at radius 1 is 1.60 bits per heavy atom. The molecular formula is C8H10ClF. The maximum absolute atomic E-state index is 12.3. The highest BCUT2D eigenvalue weighted by atomic mass is 35.5. The Labute approximate surface area is 65.7 Å². The van der Waals surface area contributed by atoms with E-state index in [1.807, 2.05) is 6.92 Å². The molecule has 0 aromatic rings. The SMILES string of the molecule is C=C(F)/C(C)=C(Cl)\C=C/C. The van der Waals surface area contributed by atoms with Gasteiger partial charge in [0, 0.05) is 10.6 Å². The summed E-state index contributed by atoms with van der Waals surface area (Å²) in [7, 11) is 0. The molecule has 0 nitrogen and oxygen atoms in total. The third-order valence-electron chi connectivity index (χ3n) is 1.08. The Morgan fingerprint density at radius 3 is 2.40 bits per heavy atom. The average molecular weight is 161 g/mol. The zero-order chi connectivity index (χ0) is 8.15. The van der Waals surface area contributed by atoms with E-state index in [1.165, 1.54) is 0 Å². The first-order valence-electron chi connectivity index (χ1n) is 2.93. The van der Waals surface area contributed by atoms with Gasteiger partial charge in [-0.15, -0.1) is 0 Å². The fourth-order valence-corrected chi connectivity index (χ4v) is 0.629. The van der Waals surface area contributed by atoms with Gasteiger partial charge in [0.1, 0.15) is 5.83 Å². The summed E-state index contributed by atoms with van der Waals surface area (Å²) in [6.07, 6.45) is 3.37. The van der Waals surface area contributed by atoms with Gasteiger partial charge in [-0.1, -0.05) is 24.3 Å². The number of rotatable bonds is 2. The standard InChI is InChI=1S/C8H10ClF/c1-4-5-8(9)6(2)7(3)10/h4-5H,3H2,1-2H3/b5-4-,8-6+. The molecule has 0 aromatic carbocycles. The molecule has 0 fully saturated rings. The first-order chi connectivity index (χ1) is 4.59. The third kappa shape index (κ3) is 2.83. The van der Waals surface area contributed by atoms with Gasteiger partial charge < -0.3 is 0 Å². The van der Waals surface area contributed by atoms with Crippen molar-refractivity contribution in [3.8, 4) is 0 Å². The van der Waals surface area contributed by atoms with Crippen LogP contribution in [0.3, 0.4) is 0 Å². The van der Waals surface area contributed by atoms with Gasteiger partial charge in [0.15, 0.2) is 0 Å². The normalized spacial score (nSPS) is 13.6. The molecule has 0 aliphatic heterocycles. The maximum Gasteiger partial charge on any atom is 0.120 e. The molecular weight excluding hydrogens is 151 g/mol. The van der Waals surface area contributed by atoms with Crippen molar-refractivity contribution in [2.75, 3.05) is 0 Å². The molecule has 0 rings (SSSR count). The molecule has 0 bridgehead atoms. The van der Waals surface area contributed by atoms with Crippen LogP contribution in [0, 0.1) is 0 Å². The van der Waals surface area contributed by atoms with Crippen molar-refractivity contribution >= 4 is 11.6 Å². The van der Waals surface area contributed by atoms with Crippen LogP contribution >= 0.6 is 11.6 Å². The van der Waals surface area contributed by atoms with Crippen molar-refractivity contribution in [2.45, 2.75) is 13.8 Å². The Bertz CT molecular complexity index is 189. The van der Waals surface area contributed by atoms with Crippen molar-refractivity contribution in [1.29, 1.82) is 0 Å². The fraction of sp³-hybridized carbons (Fsp3) is 0.250. The summed E-state index contributed by atoms with van der Waals surface area (Å²) in [5.41, 5.74) is 0.389. The highest BCUT2D eigenvalue weighted by molar-refractivity contribution is 6.31. The highest BCUT2D eigenvalue weighted by Crippen LogP contribution is 2.17. The minimum atomic E-state index is -0.483. The zero-order valence-electron chi connectivity index (χ0n) is 6.12. The van der Waals surface area contributed by atoms with Crippen LogP contribution in [0.4, 0.5) is 4.39 Å². The van der Waals surface area contributed by atoms with Gasteiger partial charge in [0.25, 0.3) is 0 Å². The van der Waals surface area contributed by atoms with Crippen LogP contribution in [0.2, 0.25) is 0 Å². The molecule has 10 heavy (non-hydrogen) atoms. The number of hydrogen-bond acceptors (Lipinski definition) is 0. The number of halogens is 2. The Kier molecular flexibility index (Phi) is 4.05. The lowest BCUT2D eigenvalue weighted by molar-refractivity contribution is 0.655. The molecule has 0 heterocycles. The van der Waals surface area contributed by atoms with Gasteiger partial charge in [0.05, 0.1) is 0 Å². The lowest BCUT2D eigenvalue weighted by atomic mass is 10.2. The van der Waals surface area contributed by atoms with Gasteiger partial charge >= 0.3 is 0 Å². The van der Waals surface area contributed by atoms with E-state index in [2.05, 4.69) is 6.58 Å². The van der Waals surface area contributed by atoms with E-state index >= 15 is 0 Å². The third-order valence-corrected chi connectivity index (χ3v) is 1.49. The number of hydrogen-bond donors (Lipinski definition) is 0. The van der Waals surface area contributed by atoms with Crippen LogP contribution in [0.25, 0.3) is 0 Å². The van der Waals surface area contributed by atoms with Crippen LogP contribution in [0.5, 0.6) is 0 Å². The van der Waals surface area contributed by atoms with Crippen molar-refractivity contribution in [3.05, 3.63) is 35.2 Å². The molecule has 0 aromatic heterocycles. The second kappa shape index (κ2) is 4.29. The van der Waals surface area contributed by atoms with Crippen LogP contribution in [-0.2, 0) is 0 Å². The lowest BCUT2D eigenvalue weighted by Crippen LogP contribution is -1.77.